The molecule has 5 atom stereocenters. The van der Waals surface area contributed by atoms with Crippen molar-refractivity contribution in [2.75, 3.05) is 18.0 Å². The maximum atomic E-state index is 14.5. The van der Waals surface area contributed by atoms with Gasteiger partial charge < -0.3 is 14.7 Å². The molecule has 0 saturated carbocycles. The number of carbonyl (C=O) groups excluding carboxylic acids is 1. The van der Waals surface area contributed by atoms with Crippen LogP contribution in [0.25, 0.3) is 0 Å². The largest absolute Gasteiger partial charge is 0.497 e. The molecular formula is C31H34Cl2N2O6S. The average Bonchev–Trinajstić information content (AvgIpc) is 2.95. The van der Waals surface area contributed by atoms with Gasteiger partial charge in [-0.3, -0.25) is 18.4 Å². The summed E-state index contributed by atoms with van der Waals surface area (Å²) in [6, 6.07) is 20.3. The van der Waals surface area contributed by atoms with Crippen LogP contribution in [-0.2, 0) is 20.9 Å². The second-order valence-corrected chi connectivity index (χ2v) is 12.5. The number of methoxy groups -OCH3 is 1. The van der Waals surface area contributed by atoms with Crippen LogP contribution in [0.1, 0.15) is 56.2 Å². The number of carboxylic acids is 1. The third-order valence-corrected chi connectivity index (χ3v) is 9.15. The molecule has 1 fully saturated rings. The average molecular weight is 634 g/mol. The van der Waals surface area contributed by atoms with Gasteiger partial charge in [-0.25, -0.2) is 4.21 Å². The number of rotatable bonds is 11. The number of halogens is 2. The monoisotopic (exact) mass is 632 g/mol. The van der Waals surface area contributed by atoms with Crippen LogP contribution in [0, 0.1) is 5.41 Å². The first-order chi connectivity index (χ1) is 20.0. The minimum Gasteiger partial charge on any atom is -0.497 e. The van der Waals surface area contributed by atoms with Crippen LogP contribution in [-0.4, -0.2) is 50.3 Å². The number of piperidine rings is 1. The number of anilines is 1. The van der Waals surface area contributed by atoms with Crippen molar-refractivity contribution in [2.24, 2.45) is 5.41 Å². The predicted octanol–water partition coefficient (Wildman–Crippen LogP) is 6.96. The topological polar surface area (TPSA) is 107 Å². The predicted molar refractivity (Wildman–Crippen MR) is 165 cm³/mol. The van der Waals surface area contributed by atoms with E-state index in [-0.39, 0.29) is 31.2 Å². The van der Waals surface area contributed by atoms with Crippen molar-refractivity contribution >= 4 is 52.0 Å². The molecule has 0 radical (unpaired) electrons. The van der Waals surface area contributed by atoms with E-state index >= 15 is 0 Å². The van der Waals surface area contributed by atoms with Crippen molar-refractivity contribution in [3.8, 4) is 5.75 Å². The van der Waals surface area contributed by atoms with Crippen molar-refractivity contribution < 1.29 is 28.2 Å². The lowest BCUT2D eigenvalue weighted by Crippen LogP contribution is -2.58. The summed E-state index contributed by atoms with van der Waals surface area (Å²) in [7, 11) is 1.54. The van der Waals surface area contributed by atoms with Gasteiger partial charge in [0.1, 0.15) is 5.75 Å². The van der Waals surface area contributed by atoms with Crippen molar-refractivity contribution in [3.05, 3.63) is 94.0 Å². The number of hydrogen-bond donors (Lipinski definition) is 2. The first-order valence-corrected chi connectivity index (χ1v) is 15.4. The first-order valence-electron chi connectivity index (χ1n) is 13.6. The van der Waals surface area contributed by atoms with E-state index in [1.807, 2.05) is 37.3 Å². The maximum Gasteiger partial charge on any atom is 0.304 e. The molecule has 3 aromatic carbocycles. The number of carbonyl (C=O) groups is 2. The zero-order valence-corrected chi connectivity index (χ0v) is 25.9. The van der Waals surface area contributed by atoms with Gasteiger partial charge in [0.05, 0.1) is 43.3 Å². The SMILES string of the molecule is CCC(CN(c1ccc(OC)cc1)S(=O)O)N1C(=O)C(C)(CC(=O)O)CC(c2cccc(Cl)c2)C1c1ccc(Cl)cc1. The molecule has 1 saturated heterocycles. The first kappa shape index (κ1) is 31.8. The summed E-state index contributed by atoms with van der Waals surface area (Å²) < 4.78 is 29.6. The number of amides is 1. The molecule has 224 valence electrons. The van der Waals surface area contributed by atoms with Crippen molar-refractivity contribution in [2.45, 2.75) is 51.1 Å². The summed E-state index contributed by atoms with van der Waals surface area (Å²) >= 11 is 10.2. The van der Waals surface area contributed by atoms with Crippen molar-refractivity contribution in [1.82, 2.24) is 4.90 Å². The van der Waals surface area contributed by atoms with E-state index in [9.17, 15) is 23.5 Å². The van der Waals surface area contributed by atoms with Crippen LogP contribution < -0.4 is 9.04 Å². The highest BCUT2D eigenvalue weighted by Gasteiger charge is 2.52. The fraction of sp³-hybridized carbons (Fsp3) is 0.355. The van der Waals surface area contributed by atoms with E-state index in [2.05, 4.69) is 0 Å². The van der Waals surface area contributed by atoms with Gasteiger partial charge in [0, 0.05) is 16.0 Å². The molecule has 8 nitrogen and oxygen atoms in total. The molecule has 5 unspecified atom stereocenters. The molecule has 0 aliphatic carbocycles. The van der Waals surface area contributed by atoms with Gasteiger partial charge in [0.2, 0.25) is 5.91 Å². The molecule has 1 aliphatic rings. The van der Waals surface area contributed by atoms with Crippen LogP contribution in [0.2, 0.25) is 10.0 Å². The second-order valence-electron chi connectivity index (χ2n) is 10.8. The lowest BCUT2D eigenvalue weighted by Gasteiger charge is -2.52. The third kappa shape index (κ3) is 6.92. The fourth-order valence-corrected chi connectivity index (χ4v) is 6.82. The molecule has 1 amide bonds. The minimum absolute atomic E-state index is 0.0210. The standard InChI is InChI=1S/C31H34Cl2N2O6S/c1-4-24(19-34(42(39)40)25-12-14-26(41-3)15-13-25)35-29(20-8-10-22(32)11-9-20)27(21-6-5-7-23(33)16-21)17-31(2,30(35)38)18-28(36)37/h5-16,24,27,29H,4,17-19H2,1-3H3,(H,36,37)(H,39,40). The highest BCUT2D eigenvalue weighted by molar-refractivity contribution is 7.80. The molecule has 0 bridgehead atoms. The van der Waals surface area contributed by atoms with Gasteiger partial charge in [-0.05, 0) is 72.5 Å². The zero-order chi connectivity index (χ0) is 30.6. The van der Waals surface area contributed by atoms with Crippen molar-refractivity contribution in [1.29, 1.82) is 0 Å². The van der Waals surface area contributed by atoms with E-state index in [1.165, 1.54) is 11.4 Å². The van der Waals surface area contributed by atoms with E-state index in [1.54, 1.807) is 54.3 Å². The van der Waals surface area contributed by atoms with E-state index < -0.39 is 34.7 Å². The molecule has 0 spiro atoms. The molecule has 1 heterocycles. The van der Waals surface area contributed by atoms with Crippen LogP contribution in [0.3, 0.4) is 0 Å². The second kappa shape index (κ2) is 13.5. The Morgan fingerprint density at radius 1 is 1.10 bits per heavy atom. The Hall–Kier alpha value is -3.11. The number of nitrogens with zero attached hydrogens (tertiary/aromatic N) is 2. The number of ether oxygens (including phenoxy) is 1. The summed E-state index contributed by atoms with van der Waals surface area (Å²) in [6.07, 6.45) is 0.342. The van der Waals surface area contributed by atoms with Gasteiger partial charge in [-0.2, -0.15) is 0 Å². The Bertz CT molecular complexity index is 1440. The number of benzene rings is 3. The van der Waals surface area contributed by atoms with Gasteiger partial charge in [0.25, 0.3) is 11.3 Å². The van der Waals surface area contributed by atoms with Crippen LogP contribution in [0.15, 0.2) is 72.8 Å². The van der Waals surface area contributed by atoms with Crippen LogP contribution in [0.5, 0.6) is 5.75 Å². The molecular weight excluding hydrogens is 599 g/mol. The van der Waals surface area contributed by atoms with Crippen LogP contribution >= 0.6 is 23.2 Å². The lowest BCUT2D eigenvalue weighted by atomic mass is 9.67. The molecule has 11 heteroatoms. The summed E-state index contributed by atoms with van der Waals surface area (Å²) in [5, 5.41) is 10.9. The molecule has 2 N–H and O–H groups in total. The summed E-state index contributed by atoms with van der Waals surface area (Å²) in [4.78, 5) is 28.3. The Labute approximate surface area is 258 Å². The summed E-state index contributed by atoms with van der Waals surface area (Å²) in [5.74, 6) is -1.13. The summed E-state index contributed by atoms with van der Waals surface area (Å²) in [6.45, 7) is 3.61. The molecule has 4 rings (SSSR count). The number of aliphatic carboxylic acids is 1. The quantitative estimate of drug-likeness (QED) is 0.221. The minimum atomic E-state index is -2.41. The Morgan fingerprint density at radius 3 is 2.31 bits per heavy atom. The zero-order valence-electron chi connectivity index (χ0n) is 23.6. The number of likely N-dealkylation sites (tertiary alicyclic amines) is 1. The molecule has 0 aromatic heterocycles. The molecule has 42 heavy (non-hydrogen) atoms. The Balaban J connectivity index is 1.88. The van der Waals surface area contributed by atoms with E-state index in [4.69, 9.17) is 27.9 Å². The smallest absolute Gasteiger partial charge is 0.304 e. The van der Waals surface area contributed by atoms with Gasteiger partial charge >= 0.3 is 5.97 Å². The van der Waals surface area contributed by atoms with Gasteiger partial charge in [0.15, 0.2) is 0 Å². The van der Waals surface area contributed by atoms with Crippen LogP contribution in [0.4, 0.5) is 5.69 Å². The van der Waals surface area contributed by atoms with E-state index in [0.29, 0.717) is 27.9 Å². The number of carboxylic acid groups (broad SMARTS) is 1. The molecule has 1 aliphatic heterocycles. The third-order valence-electron chi connectivity index (χ3n) is 7.92. The summed E-state index contributed by atoms with van der Waals surface area (Å²) in [5.41, 5.74) is 0.916. The fourth-order valence-electron chi connectivity index (χ4n) is 5.89. The lowest BCUT2D eigenvalue weighted by molar-refractivity contribution is -0.160. The Kier molecular flexibility index (Phi) is 10.2. The van der Waals surface area contributed by atoms with Gasteiger partial charge in [-0.1, -0.05) is 61.3 Å². The highest BCUT2D eigenvalue weighted by atomic mass is 35.5. The number of hydrogen-bond acceptors (Lipinski definition) is 4. The maximum absolute atomic E-state index is 14.5. The molecule has 3 aromatic rings. The normalized spacial score (nSPS) is 22.0. The van der Waals surface area contributed by atoms with Gasteiger partial charge in [-0.15, -0.1) is 0 Å². The Morgan fingerprint density at radius 2 is 1.76 bits per heavy atom. The van der Waals surface area contributed by atoms with E-state index in [0.717, 1.165) is 11.1 Å². The van der Waals surface area contributed by atoms with Crippen molar-refractivity contribution in [3.63, 3.8) is 0 Å². The highest BCUT2D eigenvalue weighted by Crippen LogP contribution is 2.52.